The van der Waals surface area contributed by atoms with Gasteiger partial charge in [0.15, 0.2) is 6.61 Å². The quantitative estimate of drug-likeness (QED) is 0.807. The van der Waals surface area contributed by atoms with E-state index in [1.54, 1.807) is 19.1 Å². The monoisotopic (exact) mass is 309 g/mol. The Kier molecular flexibility index (Phi) is 6.88. The zero-order chi connectivity index (χ0) is 16.5. The number of hydrogen-bond donors (Lipinski definition) is 1. The number of esters is 1. The van der Waals surface area contributed by atoms with Gasteiger partial charge in [0.05, 0.1) is 18.3 Å². The van der Waals surface area contributed by atoms with E-state index in [1.807, 2.05) is 19.2 Å². The fraction of sp³-hybridized carbons (Fsp3) is 0.400. The molecular formula is C15H19NO6. The summed E-state index contributed by atoms with van der Waals surface area (Å²) in [5.74, 6) is -0.798. The smallest absolute Gasteiger partial charge is 0.413 e. The maximum atomic E-state index is 11.7. The number of imide groups is 1. The van der Waals surface area contributed by atoms with Crippen molar-refractivity contribution in [2.45, 2.75) is 26.9 Å². The number of alkyl carbamates (subject to hydrolysis) is 1. The third kappa shape index (κ3) is 6.25. The van der Waals surface area contributed by atoms with E-state index < -0.39 is 24.6 Å². The number of carbonyl (C=O) groups excluding carboxylic acids is 3. The Hall–Kier alpha value is -2.57. The second-order valence-corrected chi connectivity index (χ2v) is 4.54. The predicted octanol–water partition coefficient (Wildman–Crippen LogP) is 1.90. The SMILES string of the molecule is CCOC(=O)NC(=O)COC(=O)c1ccc(OC(C)C)cc1. The molecule has 0 aliphatic carbocycles. The van der Waals surface area contributed by atoms with Crippen molar-refractivity contribution >= 4 is 18.0 Å². The fourth-order valence-electron chi connectivity index (χ4n) is 1.47. The fourth-order valence-corrected chi connectivity index (χ4v) is 1.47. The topological polar surface area (TPSA) is 90.9 Å². The molecule has 120 valence electrons. The summed E-state index contributed by atoms with van der Waals surface area (Å²) in [6, 6.07) is 6.33. The van der Waals surface area contributed by atoms with E-state index in [4.69, 9.17) is 9.47 Å². The highest BCUT2D eigenvalue weighted by atomic mass is 16.6. The van der Waals surface area contributed by atoms with Crippen LogP contribution in [0.4, 0.5) is 4.79 Å². The lowest BCUT2D eigenvalue weighted by Crippen LogP contribution is -2.34. The number of carbonyl (C=O) groups is 3. The van der Waals surface area contributed by atoms with E-state index in [2.05, 4.69) is 4.74 Å². The summed E-state index contributed by atoms with van der Waals surface area (Å²) >= 11 is 0. The lowest BCUT2D eigenvalue weighted by molar-refractivity contribution is -0.123. The lowest BCUT2D eigenvalue weighted by Gasteiger charge is -2.10. The average Bonchev–Trinajstić information content (AvgIpc) is 2.45. The number of hydrogen-bond acceptors (Lipinski definition) is 6. The summed E-state index contributed by atoms with van der Waals surface area (Å²) < 4.78 is 14.8. The molecule has 1 rings (SSSR count). The predicted molar refractivity (Wildman–Crippen MR) is 77.7 cm³/mol. The van der Waals surface area contributed by atoms with Crippen LogP contribution >= 0.6 is 0 Å². The first-order valence-corrected chi connectivity index (χ1v) is 6.82. The first-order valence-electron chi connectivity index (χ1n) is 6.82. The average molecular weight is 309 g/mol. The minimum Gasteiger partial charge on any atom is -0.491 e. The van der Waals surface area contributed by atoms with Gasteiger partial charge in [-0.1, -0.05) is 0 Å². The van der Waals surface area contributed by atoms with E-state index in [0.29, 0.717) is 5.75 Å². The number of nitrogens with one attached hydrogen (secondary N) is 1. The molecule has 0 radical (unpaired) electrons. The Morgan fingerprint density at radius 1 is 1.09 bits per heavy atom. The maximum absolute atomic E-state index is 11.7. The van der Waals surface area contributed by atoms with Gasteiger partial charge in [0, 0.05) is 0 Å². The number of amides is 2. The van der Waals surface area contributed by atoms with Crippen molar-refractivity contribution in [2.75, 3.05) is 13.2 Å². The Labute approximate surface area is 128 Å². The second kappa shape index (κ2) is 8.66. The zero-order valence-corrected chi connectivity index (χ0v) is 12.8. The number of ether oxygens (including phenoxy) is 3. The molecule has 0 atom stereocenters. The van der Waals surface area contributed by atoms with E-state index in [1.165, 1.54) is 12.1 Å². The van der Waals surface area contributed by atoms with Crippen molar-refractivity contribution in [1.82, 2.24) is 5.32 Å². The Bertz CT molecular complexity index is 523. The molecule has 0 saturated heterocycles. The van der Waals surface area contributed by atoms with Gasteiger partial charge in [-0.05, 0) is 45.0 Å². The first kappa shape index (κ1) is 17.5. The highest BCUT2D eigenvalue weighted by Crippen LogP contribution is 2.14. The molecule has 7 heteroatoms. The Balaban J connectivity index is 2.45. The van der Waals surface area contributed by atoms with E-state index in [9.17, 15) is 14.4 Å². The van der Waals surface area contributed by atoms with Crippen molar-refractivity contribution in [3.63, 3.8) is 0 Å². The van der Waals surface area contributed by atoms with Crippen molar-refractivity contribution in [2.24, 2.45) is 0 Å². The molecule has 0 fully saturated rings. The standard InChI is InChI=1S/C15H19NO6/c1-4-20-15(19)16-13(17)9-21-14(18)11-5-7-12(8-6-11)22-10(2)3/h5-8,10H,4,9H2,1-3H3,(H,16,17,19). The summed E-state index contributed by atoms with van der Waals surface area (Å²) in [6.07, 6.45) is -0.844. The van der Waals surface area contributed by atoms with Crippen LogP contribution in [0.1, 0.15) is 31.1 Å². The van der Waals surface area contributed by atoms with Crippen LogP contribution < -0.4 is 10.1 Å². The maximum Gasteiger partial charge on any atom is 0.413 e. The summed E-state index contributed by atoms with van der Waals surface area (Å²) in [5, 5.41) is 1.92. The largest absolute Gasteiger partial charge is 0.491 e. The molecule has 0 aliphatic heterocycles. The summed E-state index contributed by atoms with van der Waals surface area (Å²) in [6.45, 7) is 4.97. The minimum absolute atomic E-state index is 0.0318. The second-order valence-electron chi connectivity index (χ2n) is 4.54. The summed E-state index contributed by atoms with van der Waals surface area (Å²) in [5.41, 5.74) is 0.278. The molecule has 0 heterocycles. The van der Waals surface area contributed by atoms with Crippen LogP contribution in [0.15, 0.2) is 24.3 Å². The van der Waals surface area contributed by atoms with Crippen molar-refractivity contribution < 1.29 is 28.6 Å². The molecule has 0 spiro atoms. The van der Waals surface area contributed by atoms with Crippen molar-refractivity contribution in [1.29, 1.82) is 0 Å². The van der Waals surface area contributed by atoms with Crippen LogP contribution in [-0.2, 0) is 14.3 Å². The lowest BCUT2D eigenvalue weighted by atomic mass is 10.2. The highest BCUT2D eigenvalue weighted by Gasteiger charge is 2.13. The third-order valence-electron chi connectivity index (χ3n) is 2.31. The van der Waals surface area contributed by atoms with Gasteiger partial charge in [0.25, 0.3) is 5.91 Å². The van der Waals surface area contributed by atoms with Gasteiger partial charge in [-0.3, -0.25) is 10.1 Å². The molecule has 0 aliphatic rings. The number of benzene rings is 1. The molecule has 0 bridgehead atoms. The van der Waals surface area contributed by atoms with Crippen LogP contribution in [0.3, 0.4) is 0 Å². The zero-order valence-electron chi connectivity index (χ0n) is 12.8. The van der Waals surface area contributed by atoms with Gasteiger partial charge < -0.3 is 14.2 Å². The van der Waals surface area contributed by atoms with Crippen molar-refractivity contribution in [3.05, 3.63) is 29.8 Å². The molecule has 0 unspecified atom stereocenters. The molecular weight excluding hydrogens is 290 g/mol. The van der Waals surface area contributed by atoms with E-state index in [-0.39, 0.29) is 18.3 Å². The molecule has 1 aromatic rings. The van der Waals surface area contributed by atoms with E-state index >= 15 is 0 Å². The van der Waals surface area contributed by atoms with Gasteiger partial charge in [-0.2, -0.15) is 0 Å². The molecule has 22 heavy (non-hydrogen) atoms. The summed E-state index contributed by atoms with van der Waals surface area (Å²) in [4.78, 5) is 34.1. The van der Waals surface area contributed by atoms with Gasteiger partial charge in [-0.15, -0.1) is 0 Å². The van der Waals surface area contributed by atoms with Crippen LogP contribution in [0.2, 0.25) is 0 Å². The normalized spacial score (nSPS) is 10.0. The summed E-state index contributed by atoms with van der Waals surface area (Å²) in [7, 11) is 0. The van der Waals surface area contributed by atoms with Crippen LogP contribution in [-0.4, -0.2) is 37.3 Å². The number of rotatable bonds is 6. The Morgan fingerprint density at radius 3 is 2.27 bits per heavy atom. The molecule has 0 saturated carbocycles. The molecule has 7 nitrogen and oxygen atoms in total. The minimum atomic E-state index is -0.876. The molecule has 0 aromatic heterocycles. The van der Waals surface area contributed by atoms with Gasteiger partial charge >= 0.3 is 12.1 Å². The Morgan fingerprint density at radius 2 is 1.73 bits per heavy atom. The van der Waals surface area contributed by atoms with E-state index in [0.717, 1.165) is 0 Å². The van der Waals surface area contributed by atoms with Crippen LogP contribution in [0.25, 0.3) is 0 Å². The van der Waals surface area contributed by atoms with Crippen LogP contribution in [0, 0.1) is 0 Å². The highest BCUT2D eigenvalue weighted by molar-refractivity contribution is 5.95. The third-order valence-corrected chi connectivity index (χ3v) is 2.31. The van der Waals surface area contributed by atoms with Gasteiger partial charge in [0.1, 0.15) is 5.75 Å². The molecule has 1 aromatic carbocycles. The van der Waals surface area contributed by atoms with Crippen molar-refractivity contribution in [3.8, 4) is 5.75 Å². The first-order chi connectivity index (χ1) is 10.4. The molecule has 1 N–H and O–H groups in total. The van der Waals surface area contributed by atoms with Gasteiger partial charge in [-0.25, -0.2) is 9.59 Å². The molecule has 2 amide bonds. The van der Waals surface area contributed by atoms with Crippen LogP contribution in [0.5, 0.6) is 5.75 Å². The van der Waals surface area contributed by atoms with Gasteiger partial charge in [0.2, 0.25) is 0 Å².